The van der Waals surface area contributed by atoms with E-state index in [1.54, 1.807) is 51.1 Å². The number of carbonyl (C=O) groups is 1. The van der Waals surface area contributed by atoms with Gasteiger partial charge in [0.25, 0.3) is 0 Å². The van der Waals surface area contributed by atoms with Crippen molar-refractivity contribution in [3.63, 3.8) is 0 Å². The molecule has 1 aliphatic heterocycles. The molecule has 1 unspecified atom stereocenters. The first-order valence-electron chi connectivity index (χ1n) is 13.8. The Hall–Kier alpha value is -3.16. The molecule has 5 rings (SSSR count). The second-order valence-corrected chi connectivity index (χ2v) is 12.7. The standard InChI is InChI=1S/C27H36FN6O7P/c1-15(2)39-25(36)16(3)33-42(37,41-19-9-7-6-8-10-19)38-13-20-22(35)27(5,28)26(40-20)34-14-29-21-23(32-18-11-12-18)30-17(4)31-24(21)34/h6-10,14-16,18,20,22,26,35H,11-13H2,1-5H3,(H,33,37)(H,30,31,32)/t16-,20-,22-,26-,27-,42?/m1/s1. The molecular formula is C27H36FN6O7P. The molecule has 3 heterocycles. The van der Waals surface area contributed by atoms with Gasteiger partial charge in [-0.25, -0.2) is 23.9 Å². The predicted octanol–water partition coefficient (Wildman–Crippen LogP) is 3.83. The number of hydrogen-bond acceptors (Lipinski definition) is 11. The number of nitrogens with zero attached hydrogens (tertiary/aromatic N) is 4. The van der Waals surface area contributed by atoms with Gasteiger partial charge in [-0.15, -0.1) is 0 Å². The molecule has 1 saturated heterocycles. The number of ether oxygens (including phenoxy) is 2. The molecule has 1 aromatic carbocycles. The molecule has 2 fully saturated rings. The van der Waals surface area contributed by atoms with E-state index in [9.17, 15) is 14.5 Å². The van der Waals surface area contributed by atoms with Crippen LogP contribution in [0, 0.1) is 6.92 Å². The van der Waals surface area contributed by atoms with Crippen LogP contribution in [0.4, 0.5) is 10.2 Å². The maximum absolute atomic E-state index is 16.1. The number of aromatic nitrogens is 4. The van der Waals surface area contributed by atoms with E-state index in [0.29, 0.717) is 28.8 Å². The number of carbonyl (C=O) groups excluding carboxylic acids is 1. The third kappa shape index (κ3) is 6.57. The molecule has 1 saturated carbocycles. The summed E-state index contributed by atoms with van der Waals surface area (Å²) in [6, 6.07) is 7.44. The number of benzene rings is 1. The lowest BCUT2D eigenvalue weighted by Crippen LogP contribution is -2.41. The number of para-hydroxylation sites is 1. The van der Waals surface area contributed by atoms with Gasteiger partial charge in [0.1, 0.15) is 29.8 Å². The van der Waals surface area contributed by atoms with Crippen molar-refractivity contribution in [2.75, 3.05) is 11.9 Å². The normalized spacial score (nSPS) is 26.2. The van der Waals surface area contributed by atoms with Crippen molar-refractivity contribution in [2.45, 2.75) is 89.8 Å². The highest BCUT2D eigenvalue weighted by Gasteiger charge is 2.56. The van der Waals surface area contributed by atoms with E-state index in [1.165, 1.54) is 24.7 Å². The fourth-order valence-corrected chi connectivity index (χ4v) is 6.08. The molecule has 1 aliphatic carbocycles. The van der Waals surface area contributed by atoms with Crippen LogP contribution in [-0.4, -0.2) is 73.3 Å². The van der Waals surface area contributed by atoms with Crippen molar-refractivity contribution in [1.29, 1.82) is 0 Å². The minimum absolute atomic E-state index is 0.203. The zero-order chi connectivity index (χ0) is 30.2. The fourth-order valence-electron chi connectivity index (χ4n) is 4.58. The van der Waals surface area contributed by atoms with Crippen LogP contribution in [0.15, 0.2) is 36.7 Å². The number of aliphatic hydroxyl groups excluding tert-OH is 1. The number of nitrogens with one attached hydrogen (secondary N) is 2. The number of esters is 1. The van der Waals surface area contributed by atoms with Gasteiger partial charge in [0, 0.05) is 6.04 Å². The van der Waals surface area contributed by atoms with Crippen molar-refractivity contribution < 1.29 is 37.4 Å². The van der Waals surface area contributed by atoms with Gasteiger partial charge < -0.3 is 24.4 Å². The number of hydrogen-bond donors (Lipinski definition) is 3. The highest BCUT2D eigenvalue weighted by atomic mass is 31.2. The molecule has 2 aliphatic rings. The summed E-state index contributed by atoms with van der Waals surface area (Å²) >= 11 is 0. The summed E-state index contributed by atoms with van der Waals surface area (Å²) in [4.78, 5) is 25.7. The van der Waals surface area contributed by atoms with Gasteiger partial charge in [0.2, 0.25) is 0 Å². The van der Waals surface area contributed by atoms with Crippen molar-refractivity contribution in [2.24, 2.45) is 0 Å². The Labute approximate surface area is 242 Å². The van der Waals surface area contributed by atoms with Gasteiger partial charge in [-0.05, 0) is 59.6 Å². The van der Waals surface area contributed by atoms with Crippen LogP contribution in [0.25, 0.3) is 11.2 Å². The first-order chi connectivity index (χ1) is 19.9. The molecule has 6 atom stereocenters. The second-order valence-electron chi connectivity index (χ2n) is 11.0. The number of aryl methyl sites for hydroxylation is 1. The topological polar surface area (TPSA) is 159 Å². The summed E-state index contributed by atoms with van der Waals surface area (Å²) in [5, 5.41) is 16.9. The molecule has 3 aromatic rings. The molecule has 0 radical (unpaired) electrons. The lowest BCUT2D eigenvalue weighted by atomic mass is 9.98. The first kappa shape index (κ1) is 30.3. The Bertz CT molecular complexity index is 1470. The lowest BCUT2D eigenvalue weighted by molar-refractivity contribution is -0.149. The van der Waals surface area contributed by atoms with Crippen molar-refractivity contribution >= 4 is 30.7 Å². The number of alkyl halides is 1. The summed E-state index contributed by atoms with van der Waals surface area (Å²) in [5.74, 6) is 0.544. The van der Waals surface area contributed by atoms with Gasteiger partial charge in [-0.1, -0.05) is 18.2 Å². The summed E-state index contributed by atoms with van der Waals surface area (Å²) < 4.78 is 53.8. The average Bonchev–Trinajstić information content (AvgIpc) is 3.59. The number of rotatable bonds is 12. The summed E-state index contributed by atoms with van der Waals surface area (Å²) in [6.45, 7) is 7.21. The predicted molar refractivity (Wildman–Crippen MR) is 151 cm³/mol. The maximum atomic E-state index is 16.1. The maximum Gasteiger partial charge on any atom is 0.459 e. The molecule has 0 amide bonds. The molecule has 2 aromatic heterocycles. The van der Waals surface area contributed by atoms with Crippen LogP contribution in [-0.2, 0) is 23.4 Å². The van der Waals surface area contributed by atoms with Crippen molar-refractivity contribution in [1.82, 2.24) is 24.6 Å². The fraction of sp³-hybridized carbons (Fsp3) is 0.556. The highest BCUT2D eigenvalue weighted by Crippen LogP contribution is 2.48. The molecule has 228 valence electrons. The monoisotopic (exact) mass is 606 g/mol. The van der Waals surface area contributed by atoms with Crippen LogP contribution in [0.3, 0.4) is 0 Å². The number of anilines is 1. The molecular weight excluding hydrogens is 570 g/mol. The second kappa shape index (κ2) is 11.8. The van der Waals surface area contributed by atoms with E-state index < -0.39 is 56.6 Å². The van der Waals surface area contributed by atoms with E-state index in [4.69, 9.17) is 18.5 Å². The Morgan fingerprint density at radius 3 is 2.64 bits per heavy atom. The molecule has 15 heteroatoms. The Balaban J connectivity index is 1.36. The summed E-state index contributed by atoms with van der Waals surface area (Å²) in [5.41, 5.74) is -1.52. The third-order valence-corrected chi connectivity index (χ3v) is 8.50. The molecule has 3 N–H and O–H groups in total. The smallest absolute Gasteiger partial charge is 0.459 e. The molecule has 13 nitrogen and oxygen atoms in total. The Morgan fingerprint density at radius 2 is 1.98 bits per heavy atom. The summed E-state index contributed by atoms with van der Waals surface area (Å²) in [6.07, 6.45) is -1.23. The highest BCUT2D eigenvalue weighted by molar-refractivity contribution is 7.52. The molecule has 0 spiro atoms. The van der Waals surface area contributed by atoms with E-state index in [1.807, 2.05) is 0 Å². The van der Waals surface area contributed by atoms with E-state index in [-0.39, 0.29) is 5.75 Å². The van der Waals surface area contributed by atoms with Crippen LogP contribution >= 0.6 is 7.75 Å². The van der Waals surface area contributed by atoms with E-state index >= 15 is 4.39 Å². The third-order valence-electron chi connectivity index (χ3n) is 6.86. The minimum atomic E-state index is -4.27. The number of halogens is 1. The van der Waals surface area contributed by atoms with Gasteiger partial charge >= 0.3 is 13.7 Å². The van der Waals surface area contributed by atoms with E-state index in [2.05, 4.69) is 25.4 Å². The lowest BCUT2D eigenvalue weighted by Gasteiger charge is -2.25. The quantitative estimate of drug-likeness (QED) is 0.202. The molecule has 42 heavy (non-hydrogen) atoms. The minimum Gasteiger partial charge on any atom is -0.462 e. The van der Waals surface area contributed by atoms with Gasteiger partial charge in [0.15, 0.2) is 28.9 Å². The zero-order valence-corrected chi connectivity index (χ0v) is 25.0. The average molecular weight is 607 g/mol. The van der Waals surface area contributed by atoms with Crippen LogP contribution in [0.1, 0.15) is 52.6 Å². The zero-order valence-electron chi connectivity index (χ0n) is 24.1. The number of imidazole rings is 1. The largest absolute Gasteiger partial charge is 0.462 e. The SMILES string of the molecule is Cc1nc(NC2CC2)c2ncn([C@@H]3O[C@H](COP(=O)(N[C@H](C)C(=O)OC(C)C)Oc4ccccc4)[C@@H](O)[C@@]3(C)F)c2n1. The van der Waals surface area contributed by atoms with Crippen LogP contribution in [0.5, 0.6) is 5.75 Å². The van der Waals surface area contributed by atoms with Gasteiger partial charge in [0.05, 0.1) is 19.0 Å². The first-order valence-corrected chi connectivity index (χ1v) is 15.4. The van der Waals surface area contributed by atoms with Crippen LogP contribution in [0.2, 0.25) is 0 Å². The Kier molecular flexibility index (Phi) is 8.55. The molecule has 0 bridgehead atoms. The van der Waals surface area contributed by atoms with Gasteiger partial charge in [-0.2, -0.15) is 5.09 Å². The number of aliphatic hydroxyl groups is 1. The van der Waals surface area contributed by atoms with E-state index in [0.717, 1.165) is 12.8 Å². The van der Waals surface area contributed by atoms with Crippen LogP contribution < -0.4 is 14.9 Å². The van der Waals surface area contributed by atoms with Gasteiger partial charge in [-0.3, -0.25) is 13.9 Å². The van der Waals surface area contributed by atoms with Crippen molar-refractivity contribution in [3.8, 4) is 5.75 Å². The van der Waals surface area contributed by atoms with Crippen molar-refractivity contribution in [3.05, 3.63) is 42.5 Å². The summed E-state index contributed by atoms with van der Waals surface area (Å²) in [7, 11) is -4.27. The Morgan fingerprint density at radius 1 is 1.26 bits per heavy atom. The number of fused-ring (bicyclic) bond motifs is 1.